The second kappa shape index (κ2) is 7.49. The van der Waals surface area contributed by atoms with E-state index >= 15 is 0 Å². The van der Waals surface area contributed by atoms with Gasteiger partial charge in [0.05, 0.1) is 0 Å². The van der Waals surface area contributed by atoms with Crippen LogP contribution >= 0.6 is 12.4 Å². The van der Waals surface area contributed by atoms with Crippen LogP contribution in [0.2, 0.25) is 0 Å². The van der Waals surface area contributed by atoms with E-state index < -0.39 is 6.04 Å². The maximum absolute atomic E-state index is 12.5. The predicted octanol–water partition coefficient (Wildman–Crippen LogP) is 1.86. The fourth-order valence-electron chi connectivity index (χ4n) is 3.04. The number of carbonyl (C=O) groups excluding carboxylic acids is 2. The normalized spacial score (nSPS) is 20.5. The lowest BCUT2D eigenvalue weighted by Crippen LogP contribution is -2.45. The minimum atomic E-state index is -0.410. The predicted molar refractivity (Wildman–Crippen MR) is 88.6 cm³/mol. The number of carbonyl (C=O) groups is 2. The Morgan fingerprint density at radius 2 is 1.95 bits per heavy atom. The zero-order chi connectivity index (χ0) is 14.7. The number of nitrogens with one attached hydrogen (secondary N) is 3. The Morgan fingerprint density at radius 1 is 1.14 bits per heavy atom. The molecule has 0 saturated carbocycles. The van der Waals surface area contributed by atoms with E-state index in [-0.39, 0.29) is 24.2 Å². The van der Waals surface area contributed by atoms with Gasteiger partial charge in [-0.25, -0.2) is 0 Å². The van der Waals surface area contributed by atoms with Crippen LogP contribution in [0.1, 0.15) is 41.6 Å². The molecule has 1 atom stereocenters. The summed E-state index contributed by atoms with van der Waals surface area (Å²) in [6, 6.07) is 5.32. The first-order chi connectivity index (χ1) is 10.3. The van der Waals surface area contributed by atoms with Crippen molar-refractivity contribution in [2.24, 2.45) is 0 Å². The van der Waals surface area contributed by atoms with Crippen molar-refractivity contribution in [3.8, 4) is 0 Å². The van der Waals surface area contributed by atoms with Crippen LogP contribution in [-0.4, -0.2) is 30.9 Å². The van der Waals surface area contributed by atoms with Crippen molar-refractivity contribution >= 4 is 29.9 Å². The molecule has 0 bridgehead atoms. The lowest BCUT2D eigenvalue weighted by atomic mass is 9.97. The molecule has 2 aliphatic rings. The Labute approximate surface area is 136 Å². The summed E-state index contributed by atoms with van der Waals surface area (Å²) in [6.07, 6.45) is 4.58. The van der Waals surface area contributed by atoms with E-state index in [1.165, 1.54) is 0 Å². The first-order valence-corrected chi connectivity index (χ1v) is 7.70. The minimum Gasteiger partial charge on any atom is -0.385 e. The molecule has 1 unspecified atom stereocenters. The number of fused-ring (bicyclic) bond motifs is 1. The topological polar surface area (TPSA) is 70.2 Å². The highest BCUT2D eigenvalue weighted by molar-refractivity contribution is 6.00. The summed E-state index contributed by atoms with van der Waals surface area (Å²) in [6.45, 7) is 1.65. The van der Waals surface area contributed by atoms with E-state index in [0.29, 0.717) is 18.5 Å². The maximum atomic E-state index is 12.5. The maximum Gasteiger partial charge on any atom is 0.252 e. The third kappa shape index (κ3) is 3.53. The number of anilines is 1. The third-order valence-corrected chi connectivity index (χ3v) is 4.18. The van der Waals surface area contributed by atoms with Crippen LogP contribution in [0.25, 0.3) is 0 Å². The van der Waals surface area contributed by atoms with Crippen molar-refractivity contribution < 1.29 is 9.59 Å². The number of hydrogen-bond acceptors (Lipinski definition) is 3. The fraction of sp³-hybridized carbons (Fsp3) is 0.500. The Hall–Kier alpha value is -1.75. The highest BCUT2D eigenvalue weighted by Gasteiger charge is 2.24. The number of hydrogen-bond donors (Lipinski definition) is 3. The van der Waals surface area contributed by atoms with Gasteiger partial charge in [0.15, 0.2) is 0 Å². The molecular formula is C16H22ClN3O2. The average Bonchev–Trinajstić information content (AvgIpc) is 2.71. The molecular weight excluding hydrogens is 302 g/mol. The van der Waals surface area contributed by atoms with Crippen LogP contribution in [0.4, 0.5) is 5.69 Å². The molecule has 2 heterocycles. The van der Waals surface area contributed by atoms with E-state index in [9.17, 15) is 9.59 Å². The van der Waals surface area contributed by atoms with Crippen LogP contribution in [-0.2, 0) is 11.2 Å². The molecule has 22 heavy (non-hydrogen) atoms. The Bertz CT molecular complexity index is 562. The standard InChI is InChI=1S/C16H21N3O2.ClH/c20-15(19-14-7-1-2-9-18-16(14)21)12-5-3-8-13-11(12)6-4-10-17-13;/h3,5,8,14,17H,1-2,4,6-7,9-10H2,(H,18,21)(H,19,20);1H. The molecule has 5 nitrogen and oxygen atoms in total. The monoisotopic (exact) mass is 323 g/mol. The van der Waals surface area contributed by atoms with Gasteiger partial charge in [-0.15, -0.1) is 12.4 Å². The number of amides is 2. The van der Waals surface area contributed by atoms with Crippen molar-refractivity contribution in [3.05, 3.63) is 29.3 Å². The number of halogens is 1. The van der Waals surface area contributed by atoms with Gasteiger partial charge in [-0.2, -0.15) is 0 Å². The first-order valence-electron chi connectivity index (χ1n) is 7.70. The zero-order valence-electron chi connectivity index (χ0n) is 12.5. The fourth-order valence-corrected chi connectivity index (χ4v) is 3.04. The van der Waals surface area contributed by atoms with Crippen LogP contribution in [0.15, 0.2) is 18.2 Å². The molecule has 0 aliphatic carbocycles. The number of benzene rings is 1. The van der Waals surface area contributed by atoms with Crippen molar-refractivity contribution in [1.82, 2.24) is 10.6 Å². The smallest absolute Gasteiger partial charge is 0.252 e. The van der Waals surface area contributed by atoms with Gasteiger partial charge in [-0.05, 0) is 49.8 Å². The first kappa shape index (κ1) is 16.6. The zero-order valence-corrected chi connectivity index (χ0v) is 13.3. The Balaban J connectivity index is 0.00000176. The van der Waals surface area contributed by atoms with E-state index in [1.54, 1.807) is 0 Å². The van der Waals surface area contributed by atoms with Gasteiger partial charge in [0.25, 0.3) is 5.91 Å². The molecule has 2 aliphatic heterocycles. The van der Waals surface area contributed by atoms with E-state index in [1.807, 2.05) is 18.2 Å². The second-order valence-electron chi connectivity index (χ2n) is 5.67. The molecule has 3 rings (SSSR count). The van der Waals surface area contributed by atoms with Crippen LogP contribution in [0.5, 0.6) is 0 Å². The summed E-state index contributed by atoms with van der Waals surface area (Å²) in [5.41, 5.74) is 2.80. The van der Waals surface area contributed by atoms with Crippen LogP contribution < -0.4 is 16.0 Å². The quantitative estimate of drug-likeness (QED) is 0.778. The summed E-state index contributed by atoms with van der Waals surface area (Å²) in [4.78, 5) is 24.5. The number of rotatable bonds is 2. The van der Waals surface area contributed by atoms with Crippen molar-refractivity contribution in [3.63, 3.8) is 0 Å². The molecule has 1 saturated heterocycles. The molecule has 0 spiro atoms. The molecule has 1 fully saturated rings. The molecule has 2 amide bonds. The van der Waals surface area contributed by atoms with Gasteiger partial charge in [0, 0.05) is 24.3 Å². The Kier molecular flexibility index (Phi) is 5.66. The van der Waals surface area contributed by atoms with E-state index in [4.69, 9.17) is 0 Å². The largest absolute Gasteiger partial charge is 0.385 e. The molecule has 1 aromatic carbocycles. The molecule has 1 aromatic rings. The second-order valence-corrected chi connectivity index (χ2v) is 5.67. The molecule has 6 heteroatoms. The summed E-state index contributed by atoms with van der Waals surface area (Å²) >= 11 is 0. The summed E-state index contributed by atoms with van der Waals surface area (Å²) in [7, 11) is 0. The summed E-state index contributed by atoms with van der Waals surface area (Å²) in [5.74, 6) is -0.207. The SMILES string of the molecule is Cl.O=C(NC1CCCCNC1=O)c1cccc2c1CCCN2. The van der Waals surface area contributed by atoms with Crippen LogP contribution in [0, 0.1) is 0 Å². The molecule has 120 valence electrons. The van der Waals surface area contributed by atoms with Gasteiger partial charge in [0.2, 0.25) is 5.91 Å². The van der Waals surface area contributed by atoms with Gasteiger partial charge in [-0.3, -0.25) is 9.59 Å². The van der Waals surface area contributed by atoms with Gasteiger partial charge < -0.3 is 16.0 Å². The molecule has 0 aromatic heterocycles. The lowest BCUT2D eigenvalue weighted by Gasteiger charge is -2.22. The van der Waals surface area contributed by atoms with Crippen molar-refractivity contribution in [1.29, 1.82) is 0 Å². The minimum absolute atomic E-state index is 0. The lowest BCUT2D eigenvalue weighted by molar-refractivity contribution is -0.122. The highest BCUT2D eigenvalue weighted by atomic mass is 35.5. The van der Waals surface area contributed by atoms with Gasteiger partial charge in [0.1, 0.15) is 6.04 Å². The van der Waals surface area contributed by atoms with Crippen LogP contribution in [0.3, 0.4) is 0 Å². The van der Waals surface area contributed by atoms with Gasteiger partial charge in [-0.1, -0.05) is 6.07 Å². The third-order valence-electron chi connectivity index (χ3n) is 4.18. The molecule has 0 radical (unpaired) electrons. The van der Waals surface area contributed by atoms with E-state index in [0.717, 1.165) is 43.5 Å². The average molecular weight is 324 g/mol. The molecule has 3 N–H and O–H groups in total. The van der Waals surface area contributed by atoms with E-state index in [2.05, 4.69) is 16.0 Å². The van der Waals surface area contributed by atoms with Crippen molar-refractivity contribution in [2.45, 2.75) is 38.1 Å². The summed E-state index contributed by atoms with van der Waals surface area (Å²) in [5, 5.41) is 9.07. The van der Waals surface area contributed by atoms with Gasteiger partial charge >= 0.3 is 0 Å². The Morgan fingerprint density at radius 3 is 2.82 bits per heavy atom. The summed E-state index contributed by atoms with van der Waals surface area (Å²) < 4.78 is 0. The van der Waals surface area contributed by atoms with Crippen molar-refractivity contribution in [2.75, 3.05) is 18.4 Å². The highest BCUT2D eigenvalue weighted by Crippen LogP contribution is 2.25.